The van der Waals surface area contributed by atoms with Crippen molar-refractivity contribution < 1.29 is 0 Å². The van der Waals surface area contributed by atoms with Gasteiger partial charge in [-0.3, -0.25) is 0 Å². The molecule has 0 fully saturated rings. The zero-order valence-corrected chi connectivity index (χ0v) is 7.64. The highest BCUT2D eigenvalue weighted by Crippen LogP contribution is 2.29. The second kappa shape index (κ2) is 3.91. The molecule has 0 aromatic carbocycles. The molecule has 2 unspecified atom stereocenters. The van der Waals surface area contributed by atoms with Gasteiger partial charge in [-0.15, -0.1) is 0 Å². The van der Waals surface area contributed by atoms with Gasteiger partial charge >= 0.3 is 0 Å². The fourth-order valence-electron chi connectivity index (χ4n) is 1.86. The Hall–Kier alpha value is -0.300. The van der Waals surface area contributed by atoms with E-state index in [9.17, 15) is 0 Å². The summed E-state index contributed by atoms with van der Waals surface area (Å²) in [5.41, 5.74) is 7.37. The molecule has 0 heterocycles. The Morgan fingerprint density at radius 1 is 1.73 bits per heavy atom. The SMILES string of the molecule is CCC1=CCC(CC(C)N)C1. The Morgan fingerprint density at radius 2 is 2.45 bits per heavy atom. The molecule has 0 aromatic rings. The summed E-state index contributed by atoms with van der Waals surface area (Å²) in [6.45, 7) is 4.34. The van der Waals surface area contributed by atoms with Gasteiger partial charge in [0, 0.05) is 6.04 Å². The first-order valence-electron chi connectivity index (χ1n) is 4.65. The lowest BCUT2D eigenvalue weighted by Crippen LogP contribution is -2.18. The molecule has 11 heavy (non-hydrogen) atoms. The van der Waals surface area contributed by atoms with E-state index in [0.29, 0.717) is 6.04 Å². The predicted octanol–water partition coefficient (Wildman–Crippen LogP) is 2.47. The lowest BCUT2D eigenvalue weighted by Gasteiger charge is -2.12. The fourth-order valence-corrected chi connectivity index (χ4v) is 1.86. The third-order valence-electron chi connectivity index (χ3n) is 2.45. The van der Waals surface area contributed by atoms with Crippen LogP contribution in [0.2, 0.25) is 0 Å². The van der Waals surface area contributed by atoms with Crippen molar-refractivity contribution in [2.75, 3.05) is 0 Å². The summed E-state index contributed by atoms with van der Waals surface area (Å²) < 4.78 is 0. The second-order valence-electron chi connectivity index (χ2n) is 3.73. The second-order valence-corrected chi connectivity index (χ2v) is 3.73. The Morgan fingerprint density at radius 3 is 2.91 bits per heavy atom. The summed E-state index contributed by atoms with van der Waals surface area (Å²) in [6.07, 6.45) is 7.39. The maximum Gasteiger partial charge on any atom is 0.00133 e. The average Bonchev–Trinajstić information content (AvgIpc) is 2.34. The topological polar surface area (TPSA) is 26.0 Å². The molecule has 0 spiro atoms. The van der Waals surface area contributed by atoms with Crippen LogP contribution in [0.5, 0.6) is 0 Å². The van der Waals surface area contributed by atoms with Crippen LogP contribution in [0.1, 0.15) is 39.5 Å². The summed E-state index contributed by atoms with van der Waals surface area (Å²) in [6, 6.07) is 0.379. The zero-order valence-electron chi connectivity index (χ0n) is 7.64. The van der Waals surface area contributed by atoms with Gasteiger partial charge in [0.2, 0.25) is 0 Å². The number of hydrogen-bond donors (Lipinski definition) is 1. The average molecular weight is 153 g/mol. The molecule has 64 valence electrons. The number of nitrogens with two attached hydrogens (primary N) is 1. The summed E-state index contributed by atoms with van der Waals surface area (Å²) in [5.74, 6) is 0.852. The van der Waals surface area contributed by atoms with Crippen LogP contribution in [0.25, 0.3) is 0 Å². The van der Waals surface area contributed by atoms with Crippen LogP contribution in [0.15, 0.2) is 11.6 Å². The maximum absolute atomic E-state index is 5.74. The Labute approximate surface area is 69.7 Å². The van der Waals surface area contributed by atoms with Crippen LogP contribution in [-0.4, -0.2) is 6.04 Å². The van der Waals surface area contributed by atoms with E-state index >= 15 is 0 Å². The van der Waals surface area contributed by atoms with E-state index in [-0.39, 0.29) is 0 Å². The van der Waals surface area contributed by atoms with Gasteiger partial charge in [-0.05, 0) is 38.5 Å². The molecule has 2 atom stereocenters. The van der Waals surface area contributed by atoms with E-state index in [1.165, 1.54) is 25.7 Å². The smallest absolute Gasteiger partial charge is 0.00133 e. The molecule has 0 bridgehead atoms. The Bertz CT molecular complexity index is 147. The third kappa shape index (κ3) is 2.66. The molecule has 0 aliphatic heterocycles. The first-order chi connectivity index (χ1) is 5.22. The van der Waals surface area contributed by atoms with E-state index in [2.05, 4.69) is 19.9 Å². The molecule has 0 saturated carbocycles. The largest absolute Gasteiger partial charge is 0.328 e. The minimum atomic E-state index is 0.379. The van der Waals surface area contributed by atoms with Crippen LogP contribution in [0.3, 0.4) is 0 Å². The highest BCUT2D eigenvalue weighted by molar-refractivity contribution is 5.09. The van der Waals surface area contributed by atoms with E-state index < -0.39 is 0 Å². The van der Waals surface area contributed by atoms with Crippen molar-refractivity contribution in [3.05, 3.63) is 11.6 Å². The van der Waals surface area contributed by atoms with Crippen LogP contribution in [0, 0.1) is 5.92 Å². The van der Waals surface area contributed by atoms with Gasteiger partial charge in [0.05, 0.1) is 0 Å². The van der Waals surface area contributed by atoms with Crippen molar-refractivity contribution in [3.63, 3.8) is 0 Å². The summed E-state index contributed by atoms with van der Waals surface area (Å²) in [4.78, 5) is 0. The monoisotopic (exact) mass is 153 g/mol. The first-order valence-corrected chi connectivity index (χ1v) is 4.65. The number of allylic oxidation sites excluding steroid dienone is 2. The molecule has 0 aromatic heterocycles. The van der Waals surface area contributed by atoms with E-state index in [0.717, 1.165) is 5.92 Å². The number of hydrogen-bond acceptors (Lipinski definition) is 1. The van der Waals surface area contributed by atoms with Gasteiger partial charge in [0.15, 0.2) is 0 Å². The van der Waals surface area contributed by atoms with Gasteiger partial charge in [-0.2, -0.15) is 0 Å². The van der Waals surface area contributed by atoms with Gasteiger partial charge in [0.1, 0.15) is 0 Å². The molecule has 2 N–H and O–H groups in total. The van der Waals surface area contributed by atoms with Crippen molar-refractivity contribution in [3.8, 4) is 0 Å². The minimum absolute atomic E-state index is 0.379. The molecule has 0 saturated heterocycles. The van der Waals surface area contributed by atoms with Crippen molar-refractivity contribution in [2.45, 2.75) is 45.6 Å². The van der Waals surface area contributed by atoms with E-state index in [1.54, 1.807) is 5.57 Å². The number of rotatable bonds is 3. The molecule has 0 radical (unpaired) electrons. The van der Waals surface area contributed by atoms with Gasteiger partial charge in [0.25, 0.3) is 0 Å². The molecule has 1 nitrogen and oxygen atoms in total. The van der Waals surface area contributed by atoms with Crippen LogP contribution >= 0.6 is 0 Å². The molecule has 1 aliphatic rings. The predicted molar refractivity (Wildman–Crippen MR) is 49.4 cm³/mol. The summed E-state index contributed by atoms with van der Waals surface area (Å²) >= 11 is 0. The molecule has 1 rings (SSSR count). The summed E-state index contributed by atoms with van der Waals surface area (Å²) in [5, 5.41) is 0. The first kappa shape index (κ1) is 8.79. The van der Waals surface area contributed by atoms with Crippen LogP contribution in [-0.2, 0) is 0 Å². The third-order valence-corrected chi connectivity index (χ3v) is 2.45. The lowest BCUT2D eigenvalue weighted by molar-refractivity contribution is 0.465. The zero-order chi connectivity index (χ0) is 8.27. The van der Waals surface area contributed by atoms with Crippen molar-refractivity contribution in [2.24, 2.45) is 11.7 Å². The molecule has 1 aliphatic carbocycles. The Kier molecular flexibility index (Phi) is 3.13. The van der Waals surface area contributed by atoms with Crippen LogP contribution < -0.4 is 5.73 Å². The summed E-state index contributed by atoms with van der Waals surface area (Å²) in [7, 11) is 0. The van der Waals surface area contributed by atoms with Gasteiger partial charge in [-0.1, -0.05) is 18.6 Å². The minimum Gasteiger partial charge on any atom is -0.328 e. The Balaban J connectivity index is 2.24. The quantitative estimate of drug-likeness (QED) is 0.619. The van der Waals surface area contributed by atoms with Gasteiger partial charge < -0.3 is 5.73 Å². The van der Waals surface area contributed by atoms with Crippen molar-refractivity contribution >= 4 is 0 Å². The lowest BCUT2D eigenvalue weighted by atomic mass is 9.97. The molecule has 0 amide bonds. The molecule has 1 heteroatoms. The molecular formula is C10H19N. The van der Waals surface area contributed by atoms with E-state index in [1.807, 2.05) is 0 Å². The molecular weight excluding hydrogens is 134 g/mol. The normalized spacial score (nSPS) is 26.8. The van der Waals surface area contributed by atoms with Crippen molar-refractivity contribution in [1.82, 2.24) is 0 Å². The van der Waals surface area contributed by atoms with Crippen molar-refractivity contribution in [1.29, 1.82) is 0 Å². The van der Waals surface area contributed by atoms with Crippen LogP contribution in [0.4, 0.5) is 0 Å². The highest BCUT2D eigenvalue weighted by Gasteiger charge is 2.16. The standard InChI is InChI=1S/C10H19N/c1-3-9-4-5-10(7-9)6-8(2)11/h4,8,10H,3,5-7,11H2,1-2H3. The highest BCUT2D eigenvalue weighted by atomic mass is 14.6. The fraction of sp³-hybridized carbons (Fsp3) is 0.800. The van der Waals surface area contributed by atoms with E-state index in [4.69, 9.17) is 5.73 Å². The maximum atomic E-state index is 5.74. The van der Waals surface area contributed by atoms with Gasteiger partial charge in [-0.25, -0.2) is 0 Å².